The molecule has 1 unspecified atom stereocenters. The van der Waals surface area contributed by atoms with Gasteiger partial charge in [-0.3, -0.25) is 14.8 Å². The number of hydrogen-bond acceptors (Lipinski definition) is 4. The average Bonchev–Trinajstić information content (AvgIpc) is 3.28. The van der Waals surface area contributed by atoms with Crippen LogP contribution in [0, 0.1) is 11.3 Å². The van der Waals surface area contributed by atoms with Gasteiger partial charge in [0.1, 0.15) is 0 Å². The Kier molecular flexibility index (Phi) is 5.50. The van der Waals surface area contributed by atoms with Crippen molar-refractivity contribution in [1.29, 1.82) is 0 Å². The number of aliphatic imine (C=N–C) groups is 1. The van der Waals surface area contributed by atoms with Gasteiger partial charge in [-0.05, 0) is 66.2 Å². The minimum atomic E-state index is 0.0198. The summed E-state index contributed by atoms with van der Waals surface area (Å²) >= 11 is 0. The van der Waals surface area contributed by atoms with Crippen molar-refractivity contribution < 1.29 is 9.59 Å². The Bertz CT molecular complexity index is 891. The first-order valence-corrected chi connectivity index (χ1v) is 11.5. The molecular weight excluding hydrogens is 390 g/mol. The average molecular weight is 422 g/mol. The van der Waals surface area contributed by atoms with Crippen molar-refractivity contribution in [3.8, 4) is 0 Å². The summed E-state index contributed by atoms with van der Waals surface area (Å²) < 4.78 is 0. The highest BCUT2D eigenvalue weighted by molar-refractivity contribution is 5.82. The fraction of sp³-hybridized carbons (Fsp3) is 0.583. The van der Waals surface area contributed by atoms with Crippen LogP contribution >= 0.6 is 0 Å². The Labute approximate surface area is 183 Å². The number of fused-ring (bicyclic) bond motifs is 1. The van der Waals surface area contributed by atoms with Crippen LogP contribution < -0.4 is 5.32 Å². The van der Waals surface area contributed by atoms with Crippen molar-refractivity contribution in [2.24, 2.45) is 16.3 Å². The van der Waals surface area contributed by atoms with Crippen molar-refractivity contribution in [3.63, 3.8) is 0 Å². The Hall–Kier alpha value is -2.70. The number of pyridine rings is 1. The summed E-state index contributed by atoms with van der Waals surface area (Å²) in [5.41, 5.74) is 3.87. The molecule has 1 aromatic heterocycles. The smallest absolute Gasteiger partial charge is 0.318 e. The minimum absolute atomic E-state index is 0.0198. The van der Waals surface area contributed by atoms with E-state index in [1.54, 1.807) is 6.20 Å². The molecule has 0 bridgehead atoms. The van der Waals surface area contributed by atoms with Gasteiger partial charge in [0.15, 0.2) is 0 Å². The molecule has 0 radical (unpaired) electrons. The third-order valence-electron chi connectivity index (χ3n) is 7.53. The number of piperidine rings is 1. The van der Waals surface area contributed by atoms with Gasteiger partial charge in [0.05, 0.1) is 0 Å². The molecule has 7 heteroatoms. The van der Waals surface area contributed by atoms with Gasteiger partial charge in [0.2, 0.25) is 5.91 Å². The molecule has 3 aliphatic heterocycles. The fourth-order valence-corrected chi connectivity index (χ4v) is 5.35. The Morgan fingerprint density at radius 1 is 1.16 bits per heavy atom. The summed E-state index contributed by atoms with van der Waals surface area (Å²) in [6.45, 7) is 4.63. The number of carbonyl (C=O) groups excluding carboxylic acids is 2. The van der Waals surface area contributed by atoms with E-state index in [0.717, 1.165) is 57.4 Å². The number of aromatic nitrogens is 1. The van der Waals surface area contributed by atoms with Gasteiger partial charge < -0.3 is 15.1 Å². The molecule has 4 aliphatic rings. The number of urea groups is 1. The van der Waals surface area contributed by atoms with Crippen molar-refractivity contribution in [3.05, 3.63) is 41.2 Å². The van der Waals surface area contributed by atoms with Crippen molar-refractivity contribution in [2.75, 3.05) is 26.2 Å². The monoisotopic (exact) mass is 421 g/mol. The number of nitrogens with one attached hydrogen (secondary N) is 1. The zero-order valence-electron chi connectivity index (χ0n) is 18.1. The van der Waals surface area contributed by atoms with Crippen LogP contribution in [0.3, 0.4) is 0 Å². The highest BCUT2D eigenvalue weighted by atomic mass is 16.2. The molecule has 1 spiro atoms. The maximum Gasteiger partial charge on any atom is 0.318 e. The summed E-state index contributed by atoms with van der Waals surface area (Å²) in [6.07, 6.45) is 13.4. The first kappa shape index (κ1) is 20.2. The van der Waals surface area contributed by atoms with Crippen molar-refractivity contribution >= 4 is 18.2 Å². The fourth-order valence-electron chi connectivity index (χ4n) is 5.35. The Balaban J connectivity index is 1.03. The van der Waals surface area contributed by atoms with Crippen LogP contribution in [0.4, 0.5) is 4.79 Å². The van der Waals surface area contributed by atoms with Crippen LogP contribution in [0.25, 0.3) is 0 Å². The maximum absolute atomic E-state index is 12.6. The molecule has 1 saturated carbocycles. The topological polar surface area (TPSA) is 77.9 Å². The number of nitrogens with zero attached hydrogens (tertiary/aromatic N) is 4. The summed E-state index contributed by atoms with van der Waals surface area (Å²) in [7, 11) is 0. The maximum atomic E-state index is 12.6. The van der Waals surface area contributed by atoms with E-state index in [0.29, 0.717) is 30.8 Å². The molecule has 1 N–H and O–H groups in total. The van der Waals surface area contributed by atoms with Crippen LogP contribution in [0.5, 0.6) is 0 Å². The lowest BCUT2D eigenvalue weighted by Crippen LogP contribution is -2.41. The first-order chi connectivity index (χ1) is 15.1. The predicted molar refractivity (Wildman–Crippen MR) is 119 cm³/mol. The standard InChI is InChI=1S/C24H31N5O2/c30-22(4-3-18-2-1-8-25-13-18)28-10-6-24(7-11-28)12-21(24)15-27-23(31)29-16-19-5-9-26-14-20(19)17-29/h2,5,9,13-14,21H,1,3-4,6-8,10-12,15-17H2,(H,27,31). The second-order valence-electron chi connectivity index (χ2n) is 9.43. The zero-order valence-corrected chi connectivity index (χ0v) is 18.1. The third kappa shape index (κ3) is 4.36. The van der Waals surface area contributed by atoms with Crippen LogP contribution in [0.2, 0.25) is 0 Å². The second kappa shape index (κ2) is 8.44. The second-order valence-corrected chi connectivity index (χ2v) is 9.43. The van der Waals surface area contributed by atoms with E-state index in [4.69, 9.17) is 0 Å². The molecule has 4 heterocycles. The van der Waals surface area contributed by atoms with Crippen molar-refractivity contribution in [2.45, 2.75) is 51.6 Å². The van der Waals surface area contributed by atoms with Gasteiger partial charge in [0.25, 0.3) is 0 Å². The lowest BCUT2D eigenvalue weighted by molar-refractivity contribution is -0.132. The van der Waals surface area contributed by atoms with Gasteiger partial charge in [0, 0.05) is 64.3 Å². The molecule has 1 aliphatic carbocycles. The number of dihydropyridines is 1. The zero-order chi connectivity index (χ0) is 21.3. The van der Waals surface area contributed by atoms with E-state index < -0.39 is 0 Å². The van der Waals surface area contributed by atoms with Gasteiger partial charge in [-0.1, -0.05) is 6.08 Å². The lowest BCUT2D eigenvalue weighted by atomic mass is 9.90. The van der Waals surface area contributed by atoms with Gasteiger partial charge in [-0.2, -0.15) is 0 Å². The summed E-state index contributed by atoms with van der Waals surface area (Å²) in [5, 5.41) is 3.15. The van der Waals surface area contributed by atoms with Gasteiger partial charge in [-0.15, -0.1) is 0 Å². The first-order valence-electron chi connectivity index (χ1n) is 11.5. The number of carbonyl (C=O) groups is 2. The molecule has 164 valence electrons. The lowest BCUT2D eigenvalue weighted by Gasteiger charge is -2.33. The minimum Gasteiger partial charge on any atom is -0.343 e. The van der Waals surface area contributed by atoms with Gasteiger partial charge in [-0.25, -0.2) is 4.79 Å². The Morgan fingerprint density at radius 3 is 2.77 bits per heavy atom. The van der Waals surface area contributed by atoms with E-state index in [1.807, 2.05) is 28.3 Å². The SMILES string of the molecule is O=C(CCC1=CCCN=C1)N1CCC2(CC1)CC2CNC(=O)N1Cc2ccncc2C1. The quantitative estimate of drug-likeness (QED) is 0.794. The molecule has 1 atom stereocenters. The van der Waals surface area contributed by atoms with Crippen LogP contribution in [-0.4, -0.2) is 59.1 Å². The highest BCUT2D eigenvalue weighted by Gasteiger charge is 2.54. The molecule has 31 heavy (non-hydrogen) atoms. The molecule has 0 aromatic carbocycles. The largest absolute Gasteiger partial charge is 0.343 e. The highest BCUT2D eigenvalue weighted by Crippen LogP contribution is 2.59. The van der Waals surface area contributed by atoms with Crippen LogP contribution in [0.1, 0.15) is 49.7 Å². The molecular formula is C24H31N5O2. The van der Waals surface area contributed by atoms with E-state index >= 15 is 0 Å². The van der Waals surface area contributed by atoms with E-state index in [9.17, 15) is 9.59 Å². The molecule has 3 amide bonds. The summed E-state index contributed by atoms with van der Waals surface area (Å²) in [4.78, 5) is 37.5. The van der Waals surface area contributed by atoms with E-state index in [2.05, 4.69) is 21.4 Å². The molecule has 1 aromatic rings. The van der Waals surface area contributed by atoms with E-state index in [1.165, 1.54) is 17.6 Å². The third-order valence-corrected chi connectivity index (χ3v) is 7.53. The number of hydrogen-bond donors (Lipinski definition) is 1. The summed E-state index contributed by atoms with van der Waals surface area (Å²) in [5.74, 6) is 0.812. The molecule has 2 fully saturated rings. The number of amides is 3. The number of likely N-dealkylation sites (tertiary alicyclic amines) is 1. The van der Waals surface area contributed by atoms with Crippen LogP contribution in [-0.2, 0) is 17.9 Å². The predicted octanol–water partition coefficient (Wildman–Crippen LogP) is 2.92. The van der Waals surface area contributed by atoms with E-state index in [-0.39, 0.29) is 11.9 Å². The summed E-state index contributed by atoms with van der Waals surface area (Å²) in [6, 6.07) is 2.01. The number of allylic oxidation sites excluding steroid dienone is 1. The molecule has 1 saturated heterocycles. The normalized spacial score (nSPS) is 23.5. The molecule has 5 rings (SSSR count). The van der Waals surface area contributed by atoms with Crippen molar-refractivity contribution in [1.82, 2.24) is 20.1 Å². The number of rotatable bonds is 5. The Morgan fingerprint density at radius 2 is 2.00 bits per heavy atom. The van der Waals surface area contributed by atoms with Gasteiger partial charge >= 0.3 is 6.03 Å². The van der Waals surface area contributed by atoms with Crippen LogP contribution in [0.15, 0.2) is 35.1 Å². The molecule has 7 nitrogen and oxygen atoms in total.